The monoisotopic (exact) mass is 475 g/mol. The summed E-state index contributed by atoms with van der Waals surface area (Å²) in [5.74, 6) is -0.310. The van der Waals surface area contributed by atoms with Crippen LogP contribution in [0.5, 0.6) is 0 Å². The fourth-order valence-electron chi connectivity index (χ4n) is 2.43. The Balaban J connectivity index is 0.000000920. The third-order valence-electron chi connectivity index (χ3n) is 4.04. The van der Waals surface area contributed by atoms with E-state index in [-0.39, 0.29) is 18.2 Å². The Hall–Kier alpha value is -3.10. The first-order valence-corrected chi connectivity index (χ1v) is 10.1. The number of nitrogens with one attached hydrogen (secondary N) is 1. The van der Waals surface area contributed by atoms with Gasteiger partial charge in [-0.3, -0.25) is 24.6 Å². The molecule has 1 amide bonds. The Bertz CT molecular complexity index is 887. The molecule has 1 aromatic carbocycles. The van der Waals surface area contributed by atoms with Gasteiger partial charge in [0.05, 0.1) is 11.0 Å². The lowest BCUT2D eigenvalue weighted by Gasteiger charge is -2.27. The molecule has 1 aromatic rings. The predicted molar refractivity (Wildman–Crippen MR) is 95.9 cm³/mol. The molecule has 2 rings (SSSR count). The van der Waals surface area contributed by atoms with Crippen molar-refractivity contribution in [3.63, 3.8) is 0 Å². The van der Waals surface area contributed by atoms with Gasteiger partial charge in [0.2, 0.25) is 11.6 Å². The molecule has 1 N–H and O–H groups in total. The molecule has 1 fully saturated rings. The van der Waals surface area contributed by atoms with Crippen molar-refractivity contribution < 1.29 is 57.9 Å². The number of amides is 1. The summed E-state index contributed by atoms with van der Waals surface area (Å²) in [4.78, 5) is 38.0. The fraction of sp³-hybridized carbons (Fsp3) is 0.389. The Kier molecular flexibility index (Phi) is 9.23. The van der Waals surface area contributed by atoms with E-state index in [0.29, 0.717) is 11.6 Å². The van der Waals surface area contributed by atoms with Crippen molar-refractivity contribution in [1.82, 2.24) is 4.90 Å². The quantitative estimate of drug-likeness (QED) is 0.182. The molecular formula is C18H22ClN3O10. The largest absolute Gasteiger partial charge is 0.465 e. The Morgan fingerprint density at radius 3 is 2.28 bits per heavy atom. The van der Waals surface area contributed by atoms with Gasteiger partial charge in [-0.15, -0.1) is 10.2 Å². The van der Waals surface area contributed by atoms with Gasteiger partial charge in [-0.1, -0.05) is 13.8 Å². The van der Waals surface area contributed by atoms with Crippen LogP contribution in [0.15, 0.2) is 36.2 Å². The third-order valence-corrected chi connectivity index (χ3v) is 4.04. The number of hydrogen-bond donors (Lipinski definition) is 1. The molecule has 176 valence electrons. The normalized spacial score (nSPS) is 17.8. The molecule has 1 atom stereocenters. The van der Waals surface area contributed by atoms with E-state index < -0.39 is 32.7 Å². The highest BCUT2D eigenvalue weighted by atomic mass is 35.7. The van der Waals surface area contributed by atoms with Crippen LogP contribution in [0, 0.1) is 25.8 Å². The smallest absolute Gasteiger partial charge is 0.302 e. The first-order valence-electron chi connectivity index (χ1n) is 8.85. The zero-order chi connectivity index (χ0) is 24.7. The summed E-state index contributed by atoms with van der Waals surface area (Å²) >= 11 is 0. The van der Waals surface area contributed by atoms with Gasteiger partial charge < -0.3 is 9.47 Å². The third kappa shape index (κ3) is 8.95. The standard InChI is InChI=1S/C18H21N3O6.ClHO4/c1-12(22)26-11-18(2,3)16-17(23)20(4)15(27-16)9-10-19-13-5-7-14(8-6-13)21(24)25;2-1(3,4)5/h5-10,16H,11H2,1-4H3;(H,2,3,4,5)/b15-9-,19-10?;. The van der Waals surface area contributed by atoms with Crippen molar-refractivity contribution in [1.29, 1.82) is 0 Å². The molecule has 32 heavy (non-hydrogen) atoms. The van der Waals surface area contributed by atoms with Gasteiger partial charge >= 0.3 is 5.97 Å². The molecule has 0 aliphatic carbocycles. The lowest BCUT2D eigenvalue weighted by atomic mass is 9.87. The van der Waals surface area contributed by atoms with Gasteiger partial charge in [-0.2, -0.15) is 0 Å². The number of halogens is 1. The molecule has 0 bridgehead atoms. The van der Waals surface area contributed by atoms with Gasteiger partial charge in [0, 0.05) is 43.7 Å². The first kappa shape index (κ1) is 26.9. The van der Waals surface area contributed by atoms with Crippen LogP contribution in [-0.2, 0) is 19.1 Å². The van der Waals surface area contributed by atoms with E-state index in [4.69, 9.17) is 28.1 Å². The van der Waals surface area contributed by atoms with E-state index in [9.17, 15) is 19.7 Å². The molecule has 0 aromatic heterocycles. The summed E-state index contributed by atoms with van der Waals surface area (Å²) in [6.45, 7) is 4.94. The minimum Gasteiger partial charge on any atom is -0.465 e. The lowest BCUT2D eigenvalue weighted by Crippen LogP contribution is -2.68. The average Bonchev–Trinajstić information content (AvgIpc) is 2.95. The second-order valence-corrected chi connectivity index (χ2v) is 7.92. The average molecular weight is 476 g/mol. The topological polar surface area (TPSA) is 205 Å². The van der Waals surface area contributed by atoms with Gasteiger partial charge in [-0.25, -0.2) is 23.6 Å². The number of nitro groups is 1. The van der Waals surface area contributed by atoms with E-state index in [1.807, 2.05) is 0 Å². The maximum atomic E-state index is 12.5. The van der Waals surface area contributed by atoms with Crippen LogP contribution < -0.4 is 23.6 Å². The summed E-state index contributed by atoms with van der Waals surface area (Å²) in [7, 11) is -3.35. The van der Waals surface area contributed by atoms with E-state index in [2.05, 4.69) is 4.99 Å². The fourth-order valence-corrected chi connectivity index (χ4v) is 2.43. The molecule has 14 heteroatoms. The zero-order valence-electron chi connectivity index (χ0n) is 17.6. The molecule has 0 saturated carbocycles. The maximum absolute atomic E-state index is 12.5. The number of nitro benzene ring substituents is 1. The Morgan fingerprint density at radius 1 is 1.28 bits per heavy atom. The van der Waals surface area contributed by atoms with Gasteiger partial charge in [0.1, 0.15) is 6.61 Å². The summed E-state index contributed by atoms with van der Waals surface area (Å²) < 4.78 is 44.8. The minimum absolute atomic E-state index is 0.00112. The number of hydrogen-bond acceptors (Lipinski definition) is 10. The highest BCUT2D eigenvalue weighted by molar-refractivity contribution is 5.86. The number of ether oxygens (including phenoxy) is 2. The summed E-state index contributed by atoms with van der Waals surface area (Å²) in [6, 6.07) is 5.92. The molecule has 13 nitrogen and oxygen atoms in total. The summed E-state index contributed by atoms with van der Waals surface area (Å²) in [5, 5.41) is 10.6. The highest BCUT2D eigenvalue weighted by Gasteiger charge is 2.46. The number of esters is 1. The predicted octanol–water partition coefficient (Wildman–Crippen LogP) is -4.09. The van der Waals surface area contributed by atoms with Crippen molar-refractivity contribution in [2.45, 2.75) is 26.9 Å². The van der Waals surface area contributed by atoms with Crippen molar-refractivity contribution in [3.05, 3.63) is 46.3 Å². The highest BCUT2D eigenvalue weighted by Crippen LogP contribution is 2.33. The van der Waals surface area contributed by atoms with Crippen LogP contribution in [0.1, 0.15) is 20.8 Å². The SMILES string of the molecule is CC(=O)OCC(C)(C)C1O/C(=C\C=[NH+]c2ccc([N+](=O)[O-])cc2)N(C)C1=O.[O-][Cl+3]([O-])([O-])[O-]. The molecule has 1 saturated heterocycles. The number of likely N-dealkylation sites (N-methyl/N-ethyl adjacent to an activating group) is 1. The Labute approximate surface area is 185 Å². The maximum Gasteiger partial charge on any atom is 0.302 e. The van der Waals surface area contributed by atoms with E-state index in [1.165, 1.54) is 24.0 Å². The van der Waals surface area contributed by atoms with E-state index >= 15 is 0 Å². The van der Waals surface area contributed by atoms with Gasteiger partial charge in [0.15, 0.2) is 12.3 Å². The molecule has 1 unspecified atom stereocenters. The second-order valence-electron chi connectivity index (χ2n) is 7.16. The Morgan fingerprint density at radius 2 is 1.81 bits per heavy atom. The number of nitrogens with zero attached hydrogens (tertiary/aromatic N) is 2. The zero-order valence-corrected chi connectivity index (χ0v) is 18.4. The van der Waals surface area contributed by atoms with Gasteiger partial charge in [0.25, 0.3) is 11.6 Å². The van der Waals surface area contributed by atoms with Crippen LogP contribution in [-0.4, -0.2) is 47.7 Å². The number of rotatable bonds is 6. The second kappa shape index (κ2) is 11.0. The van der Waals surface area contributed by atoms with Crippen LogP contribution in [0.3, 0.4) is 0 Å². The van der Waals surface area contributed by atoms with Crippen LogP contribution >= 0.6 is 0 Å². The summed E-state index contributed by atoms with van der Waals surface area (Å²) in [5.41, 5.74) is -0.0457. The number of carbonyl (C=O) groups excluding carboxylic acids is 2. The number of benzene rings is 1. The van der Waals surface area contributed by atoms with Crippen LogP contribution in [0.4, 0.5) is 11.4 Å². The van der Waals surface area contributed by atoms with Crippen LogP contribution in [0.2, 0.25) is 0 Å². The molecule has 0 spiro atoms. The number of non-ortho nitro benzene ring substituents is 1. The lowest BCUT2D eigenvalue weighted by molar-refractivity contribution is -2.00. The van der Waals surface area contributed by atoms with Crippen molar-refractivity contribution in [3.8, 4) is 0 Å². The number of carbonyl (C=O) groups is 2. The minimum atomic E-state index is -4.94. The molecular weight excluding hydrogens is 454 g/mol. The van der Waals surface area contributed by atoms with Gasteiger partial charge in [-0.05, 0) is 0 Å². The number of allylic oxidation sites excluding steroid dienone is 1. The molecule has 1 aliphatic rings. The van der Waals surface area contributed by atoms with Crippen molar-refractivity contribution >= 4 is 29.5 Å². The van der Waals surface area contributed by atoms with E-state index in [1.54, 1.807) is 45.3 Å². The van der Waals surface area contributed by atoms with E-state index in [0.717, 1.165) is 0 Å². The van der Waals surface area contributed by atoms with Crippen LogP contribution in [0.25, 0.3) is 0 Å². The van der Waals surface area contributed by atoms with Crippen molar-refractivity contribution in [2.24, 2.45) is 5.41 Å². The molecule has 1 heterocycles. The first-order chi connectivity index (χ1) is 14.6. The molecule has 0 radical (unpaired) electrons. The summed E-state index contributed by atoms with van der Waals surface area (Å²) in [6.07, 6.45) is 2.38. The van der Waals surface area contributed by atoms with Crippen molar-refractivity contribution in [2.75, 3.05) is 13.7 Å². The molecule has 1 aliphatic heterocycles.